The van der Waals surface area contributed by atoms with Crippen LogP contribution >= 0.6 is 0 Å². The second-order valence-corrected chi connectivity index (χ2v) is 8.33. The molecule has 4 atom stereocenters. The third-order valence-electron chi connectivity index (χ3n) is 6.62. The van der Waals surface area contributed by atoms with Gasteiger partial charge in [-0.15, -0.1) is 0 Å². The number of anilines is 1. The van der Waals surface area contributed by atoms with Crippen molar-refractivity contribution in [3.05, 3.63) is 77.2 Å². The highest BCUT2D eigenvalue weighted by molar-refractivity contribution is 6.10. The molecule has 2 aliphatic heterocycles. The molecule has 1 aromatic carbocycles. The molecule has 2 amide bonds. The maximum absolute atomic E-state index is 14.5. The molecule has 3 aromatic rings. The third kappa shape index (κ3) is 2.43. The van der Waals surface area contributed by atoms with Crippen LogP contribution in [-0.2, 0) is 11.3 Å². The summed E-state index contributed by atoms with van der Waals surface area (Å²) < 4.78 is 28.8. The van der Waals surface area contributed by atoms with Crippen molar-refractivity contribution >= 4 is 17.6 Å². The summed E-state index contributed by atoms with van der Waals surface area (Å²) in [5.74, 6) is -1.32. The highest BCUT2D eigenvalue weighted by Gasteiger charge is 2.90. The second-order valence-electron chi connectivity index (χ2n) is 8.33. The summed E-state index contributed by atoms with van der Waals surface area (Å²) in [5.41, 5.74) is 0.330. The Morgan fingerprint density at radius 2 is 1.94 bits per heavy atom. The zero-order valence-electron chi connectivity index (χ0n) is 16.4. The molecule has 3 unspecified atom stereocenters. The van der Waals surface area contributed by atoms with E-state index in [1.54, 1.807) is 25.4 Å². The fourth-order valence-electron chi connectivity index (χ4n) is 5.07. The van der Waals surface area contributed by atoms with E-state index in [2.05, 4.69) is 15.4 Å². The number of hydrogen-bond acceptors (Lipinski definition) is 4. The molecule has 0 spiro atoms. The third-order valence-corrected chi connectivity index (χ3v) is 6.62. The van der Waals surface area contributed by atoms with Crippen molar-refractivity contribution in [2.45, 2.75) is 18.0 Å². The van der Waals surface area contributed by atoms with E-state index >= 15 is 0 Å². The van der Waals surface area contributed by atoms with Crippen molar-refractivity contribution in [1.82, 2.24) is 20.1 Å². The van der Waals surface area contributed by atoms with Crippen LogP contribution in [0.15, 0.2) is 48.8 Å². The first-order valence-corrected chi connectivity index (χ1v) is 9.95. The molecule has 7 rings (SSSR count). The van der Waals surface area contributed by atoms with Gasteiger partial charge in [-0.05, 0) is 35.2 Å². The second kappa shape index (κ2) is 5.96. The molecule has 7 nitrogen and oxygen atoms in total. The summed E-state index contributed by atoms with van der Waals surface area (Å²) >= 11 is 0. The molecule has 4 aliphatic rings. The topological polar surface area (TPSA) is 80.1 Å². The number of nitrogens with zero attached hydrogens (tertiary/aromatic N) is 4. The standard InChI is InChI=1S/C22H17F2N5O2/c1-28-19-13(3-2-8-25-19)15-16-17(15)22(16,21(28)31)26-20(30)18-14(24)10-29(27-18)9-11-4-6-12(23)7-5-11/h2-8,10,15-17H,9H2,1H3,(H,26,30)/t15?,16-,17?,22?/m1/s1. The molecule has 2 saturated carbocycles. The first-order chi connectivity index (χ1) is 14.9. The number of halogens is 2. The van der Waals surface area contributed by atoms with Crippen LogP contribution in [-0.4, -0.2) is 39.2 Å². The molecule has 4 heterocycles. The van der Waals surface area contributed by atoms with Crippen LogP contribution in [0.2, 0.25) is 0 Å². The Bertz CT molecular complexity index is 1250. The Hall–Kier alpha value is -3.62. The van der Waals surface area contributed by atoms with Crippen LogP contribution in [0.5, 0.6) is 0 Å². The van der Waals surface area contributed by atoms with Gasteiger partial charge in [0, 0.05) is 25.1 Å². The van der Waals surface area contributed by atoms with Gasteiger partial charge in [0.25, 0.3) is 11.8 Å². The number of hydrogen-bond donors (Lipinski definition) is 1. The molecule has 2 fully saturated rings. The zero-order chi connectivity index (χ0) is 21.5. The number of benzene rings is 1. The average Bonchev–Trinajstić information content (AvgIpc) is 3.63. The van der Waals surface area contributed by atoms with Crippen molar-refractivity contribution in [2.75, 3.05) is 11.9 Å². The number of aromatic nitrogens is 3. The summed E-state index contributed by atoms with van der Waals surface area (Å²) in [6, 6.07) is 9.54. The van der Waals surface area contributed by atoms with Crippen LogP contribution in [0, 0.1) is 23.5 Å². The Balaban J connectivity index is 1.24. The Kier molecular flexibility index (Phi) is 3.50. The predicted octanol–water partition coefficient (Wildman–Crippen LogP) is 2.09. The molecule has 0 saturated heterocycles. The van der Waals surface area contributed by atoms with Crippen LogP contribution in [0.3, 0.4) is 0 Å². The number of fused-ring (bicyclic) bond motifs is 1. The highest BCUT2D eigenvalue weighted by atomic mass is 19.1. The van der Waals surface area contributed by atoms with E-state index in [1.807, 2.05) is 12.1 Å². The van der Waals surface area contributed by atoms with E-state index in [4.69, 9.17) is 0 Å². The maximum atomic E-state index is 14.5. The smallest absolute Gasteiger partial charge is 0.275 e. The molecule has 2 bridgehead atoms. The van der Waals surface area contributed by atoms with Gasteiger partial charge in [-0.3, -0.25) is 19.2 Å². The number of likely N-dealkylation sites (N-methyl/N-ethyl adjacent to an activating group) is 1. The van der Waals surface area contributed by atoms with Crippen LogP contribution in [0.25, 0.3) is 0 Å². The summed E-state index contributed by atoms with van der Waals surface area (Å²) in [7, 11) is 1.64. The minimum atomic E-state index is -1.02. The molecular formula is C22H17F2N5O2. The van der Waals surface area contributed by atoms with Crippen LogP contribution in [0.1, 0.15) is 27.5 Å². The van der Waals surface area contributed by atoms with Crippen molar-refractivity contribution < 1.29 is 18.4 Å². The molecule has 2 aromatic heterocycles. The Morgan fingerprint density at radius 3 is 2.68 bits per heavy atom. The molecule has 1 N–H and O–H groups in total. The lowest BCUT2D eigenvalue weighted by molar-refractivity contribution is -0.122. The lowest BCUT2D eigenvalue weighted by Crippen LogP contribution is -2.54. The largest absolute Gasteiger partial charge is 0.336 e. The predicted molar refractivity (Wildman–Crippen MR) is 105 cm³/mol. The number of nitrogens with one attached hydrogen (secondary N) is 1. The van der Waals surface area contributed by atoms with Crippen molar-refractivity contribution in [2.24, 2.45) is 11.8 Å². The van der Waals surface area contributed by atoms with E-state index in [1.165, 1.54) is 21.7 Å². The van der Waals surface area contributed by atoms with Crippen LogP contribution in [0.4, 0.5) is 14.6 Å². The molecule has 9 heteroatoms. The van der Waals surface area contributed by atoms with Gasteiger partial charge in [0.1, 0.15) is 17.2 Å². The average molecular weight is 421 g/mol. The highest BCUT2D eigenvalue weighted by Crippen LogP contribution is 2.82. The van der Waals surface area contributed by atoms with Crippen LogP contribution < -0.4 is 10.2 Å². The number of amides is 2. The van der Waals surface area contributed by atoms with Gasteiger partial charge in [0.2, 0.25) is 0 Å². The fraction of sp³-hybridized carbons (Fsp3) is 0.273. The summed E-state index contributed by atoms with van der Waals surface area (Å²) in [6.07, 6.45) is 2.75. The molecule has 2 aliphatic carbocycles. The van der Waals surface area contributed by atoms with E-state index in [0.717, 1.165) is 11.8 Å². The summed E-state index contributed by atoms with van der Waals surface area (Å²) in [5, 5.41) is 6.83. The van der Waals surface area contributed by atoms with Crippen molar-refractivity contribution in [3.63, 3.8) is 0 Å². The SMILES string of the molecule is CN1C(=O)C2(NC(=O)c3nn(Cc4ccc(F)cc4)cc3F)C3C(c4cccnc41)[C@H]32. The number of carbonyl (C=O) groups excluding carboxylic acids is 2. The molecule has 156 valence electrons. The zero-order valence-corrected chi connectivity index (χ0v) is 16.4. The van der Waals surface area contributed by atoms with Gasteiger partial charge >= 0.3 is 0 Å². The van der Waals surface area contributed by atoms with Gasteiger partial charge < -0.3 is 5.32 Å². The molecule has 31 heavy (non-hydrogen) atoms. The van der Waals surface area contributed by atoms with Crippen molar-refractivity contribution in [1.29, 1.82) is 0 Å². The minimum absolute atomic E-state index is 0.00112. The van der Waals surface area contributed by atoms with E-state index in [9.17, 15) is 18.4 Å². The van der Waals surface area contributed by atoms with Gasteiger partial charge in [0.15, 0.2) is 11.5 Å². The minimum Gasteiger partial charge on any atom is -0.336 e. The molecule has 0 radical (unpaired) electrons. The Morgan fingerprint density at radius 1 is 1.19 bits per heavy atom. The summed E-state index contributed by atoms with van der Waals surface area (Å²) in [4.78, 5) is 31.8. The van der Waals surface area contributed by atoms with Crippen molar-refractivity contribution in [3.8, 4) is 0 Å². The van der Waals surface area contributed by atoms with Gasteiger partial charge in [0.05, 0.1) is 12.7 Å². The lowest BCUT2D eigenvalue weighted by Gasteiger charge is -2.25. The van der Waals surface area contributed by atoms with E-state index < -0.39 is 17.3 Å². The summed E-state index contributed by atoms with van der Waals surface area (Å²) in [6.45, 7) is 0.186. The quantitative estimate of drug-likeness (QED) is 0.700. The van der Waals surface area contributed by atoms with Gasteiger partial charge in [-0.2, -0.15) is 5.10 Å². The van der Waals surface area contributed by atoms with E-state index in [-0.39, 0.29) is 41.7 Å². The first-order valence-electron chi connectivity index (χ1n) is 9.95. The number of carbonyl (C=O) groups is 2. The maximum Gasteiger partial charge on any atom is 0.275 e. The number of rotatable bonds is 4. The molecular weight excluding hydrogens is 404 g/mol. The monoisotopic (exact) mass is 421 g/mol. The first kappa shape index (κ1) is 18.2. The normalized spacial score (nSPS) is 27.3. The lowest BCUT2D eigenvalue weighted by atomic mass is 9.93. The number of pyridine rings is 1. The Labute approximate surface area is 175 Å². The fourth-order valence-corrected chi connectivity index (χ4v) is 5.07. The van der Waals surface area contributed by atoms with E-state index in [0.29, 0.717) is 11.4 Å². The van der Waals surface area contributed by atoms with Gasteiger partial charge in [-0.1, -0.05) is 18.2 Å². The van der Waals surface area contributed by atoms with Gasteiger partial charge in [-0.25, -0.2) is 13.8 Å².